The highest BCUT2D eigenvalue weighted by molar-refractivity contribution is 7.17. The smallest absolute Gasteiger partial charge is 0.309 e. The Kier molecular flexibility index (Phi) is 5.39. The molecule has 0 aliphatic heterocycles. The minimum Gasteiger partial charge on any atom is -0.497 e. The van der Waals surface area contributed by atoms with E-state index in [1.165, 1.54) is 13.4 Å². The summed E-state index contributed by atoms with van der Waals surface area (Å²) in [6.45, 7) is 0. The Morgan fingerprint density at radius 1 is 0.966 bits per heavy atom. The van der Waals surface area contributed by atoms with E-state index in [0.29, 0.717) is 11.6 Å². The van der Waals surface area contributed by atoms with E-state index in [9.17, 15) is 4.79 Å². The van der Waals surface area contributed by atoms with Gasteiger partial charge >= 0.3 is 5.97 Å². The minimum absolute atomic E-state index is 0.223. The van der Waals surface area contributed by atoms with Crippen LogP contribution in [-0.4, -0.2) is 30.2 Å². The molecule has 6 nitrogen and oxygen atoms in total. The molecule has 2 aromatic heterocycles. The summed E-state index contributed by atoms with van der Waals surface area (Å²) < 4.78 is 16.0. The predicted octanol–water partition coefficient (Wildman–Crippen LogP) is 4.87. The van der Waals surface area contributed by atoms with Crippen LogP contribution < -0.4 is 9.47 Å². The third-order valence-electron chi connectivity index (χ3n) is 4.45. The van der Waals surface area contributed by atoms with Crippen LogP contribution in [0.25, 0.3) is 21.3 Å². The molecule has 0 amide bonds. The van der Waals surface area contributed by atoms with Gasteiger partial charge in [0.25, 0.3) is 0 Å². The van der Waals surface area contributed by atoms with Crippen molar-refractivity contribution < 1.29 is 19.0 Å². The van der Waals surface area contributed by atoms with E-state index >= 15 is 0 Å². The summed E-state index contributed by atoms with van der Waals surface area (Å²) >= 11 is 1.54. The molecular weight excluding hydrogens is 388 g/mol. The molecule has 146 valence electrons. The van der Waals surface area contributed by atoms with E-state index in [1.807, 2.05) is 53.9 Å². The number of hydrogen-bond donors (Lipinski definition) is 0. The molecular formula is C22H18N2O4S. The molecule has 0 spiro atoms. The standard InChI is InChI=1S/C22H18N2O4S/c1-26-16-9-5-15(6-10-16)18-12-29-22-20(18)21(23-13-24-22)28-17-7-3-14(4-8-17)11-19(25)27-2/h3-10,12-13H,11H2,1-2H3. The number of thiophene rings is 1. The van der Waals surface area contributed by atoms with Crippen LogP contribution in [0.15, 0.2) is 60.2 Å². The lowest BCUT2D eigenvalue weighted by molar-refractivity contribution is -0.139. The summed E-state index contributed by atoms with van der Waals surface area (Å²) in [5.74, 6) is 1.64. The molecule has 0 N–H and O–H groups in total. The van der Waals surface area contributed by atoms with Crippen LogP contribution in [0.4, 0.5) is 0 Å². The minimum atomic E-state index is -0.279. The summed E-state index contributed by atoms with van der Waals surface area (Å²) in [7, 11) is 3.02. The molecule has 0 bridgehead atoms. The maximum atomic E-state index is 11.4. The number of carbonyl (C=O) groups excluding carboxylic acids is 1. The van der Waals surface area contributed by atoms with E-state index in [2.05, 4.69) is 9.97 Å². The van der Waals surface area contributed by atoms with Crippen LogP contribution in [-0.2, 0) is 16.0 Å². The molecule has 2 heterocycles. The van der Waals surface area contributed by atoms with Crippen LogP contribution in [0.3, 0.4) is 0 Å². The fourth-order valence-corrected chi connectivity index (χ4v) is 3.84. The molecule has 0 atom stereocenters. The Morgan fingerprint density at radius 3 is 2.38 bits per heavy atom. The second-order valence-corrected chi connectivity index (χ2v) is 7.09. The Labute approximate surface area is 171 Å². The average Bonchev–Trinajstić information content (AvgIpc) is 3.20. The van der Waals surface area contributed by atoms with Crippen LogP contribution in [0.1, 0.15) is 5.56 Å². The highest BCUT2D eigenvalue weighted by atomic mass is 32.1. The van der Waals surface area contributed by atoms with Gasteiger partial charge in [0.15, 0.2) is 0 Å². The number of rotatable bonds is 6. The Hall–Kier alpha value is -3.45. The van der Waals surface area contributed by atoms with Crippen molar-refractivity contribution in [1.29, 1.82) is 0 Å². The zero-order valence-electron chi connectivity index (χ0n) is 15.9. The first kappa shape index (κ1) is 18.9. The maximum absolute atomic E-state index is 11.4. The first-order valence-corrected chi connectivity index (χ1v) is 9.76. The Morgan fingerprint density at radius 2 is 1.69 bits per heavy atom. The van der Waals surface area contributed by atoms with Gasteiger partial charge in [0.1, 0.15) is 22.7 Å². The number of methoxy groups -OCH3 is 2. The van der Waals surface area contributed by atoms with Gasteiger partial charge in [-0.1, -0.05) is 24.3 Å². The van der Waals surface area contributed by atoms with Gasteiger partial charge in [0.2, 0.25) is 5.88 Å². The number of nitrogens with zero attached hydrogens (tertiary/aromatic N) is 2. The highest BCUT2D eigenvalue weighted by Crippen LogP contribution is 2.39. The topological polar surface area (TPSA) is 70.5 Å². The summed E-state index contributed by atoms with van der Waals surface area (Å²) in [4.78, 5) is 21.0. The SMILES string of the molecule is COC(=O)Cc1ccc(Oc2ncnc3scc(-c4ccc(OC)cc4)c23)cc1. The van der Waals surface area contributed by atoms with Crippen molar-refractivity contribution in [2.45, 2.75) is 6.42 Å². The quantitative estimate of drug-likeness (QED) is 0.425. The molecule has 0 saturated carbocycles. The van der Waals surface area contributed by atoms with Crippen molar-refractivity contribution in [1.82, 2.24) is 9.97 Å². The van der Waals surface area contributed by atoms with Crippen LogP contribution >= 0.6 is 11.3 Å². The fourth-order valence-electron chi connectivity index (χ4n) is 2.93. The zero-order valence-corrected chi connectivity index (χ0v) is 16.7. The molecule has 0 fully saturated rings. The van der Waals surface area contributed by atoms with Gasteiger partial charge in [-0.2, -0.15) is 0 Å². The van der Waals surface area contributed by atoms with Gasteiger partial charge in [0, 0.05) is 10.9 Å². The summed E-state index contributed by atoms with van der Waals surface area (Å²) in [5.41, 5.74) is 2.89. The summed E-state index contributed by atoms with van der Waals surface area (Å²) in [6.07, 6.45) is 1.72. The zero-order chi connectivity index (χ0) is 20.2. The van der Waals surface area contributed by atoms with Crippen LogP contribution in [0, 0.1) is 0 Å². The molecule has 4 aromatic rings. The maximum Gasteiger partial charge on any atom is 0.309 e. The number of esters is 1. The second kappa shape index (κ2) is 8.28. The largest absolute Gasteiger partial charge is 0.497 e. The Bertz CT molecular complexity index is 1140. The van der Waals surface area contributed by atoms with E-state index in [0.717, 1.165) is 32.7 Å². The summed E-state index contributed by atoms with van der Waals surface area (Å²) in [6, 6.07) is 15.1. The second-order valence-electron chi connectivity index (χ2n) is 6.24. The fraction of sp³-hybridized carbons (Fsp3) is 0.136. The monoisotopic (exact) mass is 406 g/mol. The highest BCUT2D eigenvalue weighted by Gasteiger charge is 2.15. The van der Waals surface area contributed by atoms with Crippen molar-refractivity contribution >= 4 is 27.5 Å². The van der Waals surface area contributed by atoms with Gasteiger partial charge < -0.3 is 14.2 Å². The first-order valence-electron chi connectivity index (χ1n) is 8.88. The lowest BCUT2D eigenvalue weighted by atomic mass is 10.1. The molecule has 0 saturated heterocycles. The normalized spacial score (nSPS) is 10.7. The Balaban J connectivity index is 1.65. The third-order valence-corrected chi connectivity index (χ3v) is 5.34. The number of ether oxygens (including phenoxy) is 3. The van der Waals surface area contributed by atoms with E-state index in [1.54, 1.807) is 18.4 Å². The first-order chi connectivity index (χ1) is 14.2. The van der Waals surface area contributed by atoms with Crippen molar-refractivity contribution in [3.8, 4) is 28.5 Å². The number of fused-ring (bicyclic) bond motifs is 1. The average molecular weight is 406 g/mol. The lowest BCUT2D eigenvalue weighted by Gasteiger charge is -2.09. The van der Waals surface area contributed by atoms with Crippen LogP contribution in [0.5, 0.6) is 17.4 Å². The molecule has 29 heavy (non-hydrogen) atoms. The number of carbonyl (C=O) groups is 1. The van der Waals surface area contributed by atoms with Gasteiger partial charge in [-0.05, 0) is 35.4 Å². The molecule has 4 rings (SSSR count). The molecule has 7 heteroatoms. The van der Waals surface area contributed by atoms with Crippen LogP contribution in [0.2, 0.25) is 0 Å². The van der Waals surface area contributed by atoms with Gasteiger partial charge in [-0.25, -0.2) is 9.97 Å². The number of benzene rings is 2. The van der Waals surface area contributed by atoms with Gasteiger partial charge in [-0.15, -0.1) is 11.3 Å². The van der Waals surface area contributed by atoms with E-state index in [-0.39, 0.29) is 12.4 Å². The molecule has 0 radical (unpaired) electrons. The van der Waals surface area contributed by atoms with Gasteiger partial charge in [-0.3, -0.25) is 4.79 Å². The predicted molar refractivity (Wildman–Crippen MR) is 112 cm³/mol. The van der Waals surface area contributed by atoms with E-state index in [4.69, 9.17) is 14.2 Å². The van der Waals surface area contributed by atoms with Gasteiger partial charge in [0.05, 0.1) is 26.0 Å². The molecule has 0 aliphatic rings. The molecule has 0 aliphatic carbocycles. The third kappa shape index (κ3) is 4.05. The van der Waals surface area contributed by atoms with E-state index < -0.39 is 0 Å². The lowest BCUT2D eigenvalue weighted by Crippen LogP contribution is -2.04. The number of hydrogen-bond acceptors (Lipinski definition) is 7. The molecule has 2 aromatic carbocycles. The van der Waals surface area contributed by atoms with Crippen molar-refractivity contribution in [3.63, 3.8) is 0 Å². The number of aromatic nitrogens is 2. The molecule has 0 unspecified atom stereocenters. The van der Waals surface area contributed by atoms with Crippen molar-refractivity contribution in [2.24, 2.45) is 0 Å². The summed E-state index contributed by atoms with van der Waals surface area (Å²) in [5, 5.41) is 2.91. The van der Waals surface area contributed by atoms with Crippen molar-refractivity contribution in [3.05, 3.63) is 65.8 Å². The van der Waals surface area contributed by atoms with Crippen molar-refractivity contribution in [2.75, 3.05) is 14.2 Å².